The number of aliphatic hydroxyl groups is 2. The first-order valence-corrected chi connectivity index (χ1v) is 9.47. The molecule has 118 valence electrons. The van der Waals surface area contributed by atoms with Crippen LogP contribution in [0.1, 0.15) is 33.6 Å². The van der Waals surface area contributed by atoms with E-state index in [1.165, 1.54) is 0 Å². The second kappa shape index (κ2) is 8.53. The average Bonchev–Trinajstić information content (AvgIpc) is 2.53. The maximum Gasteiger partial charge on any atom is 0.0686 e. The number of aryl methyl sites for hydroxylation is 2. The summed E-state index contributed by atoms with van der Waals surface area (Å²) in [5.41, 5.74) is 5.85. The van der Waals surface area contributed by atoms with Crippen LogP contribution in [0.3, 0.4) is 0 Å². The summed E-state index contributed by atoms with van der Waals surface area (Å²) in [7, 11) is 3.43. The standard InChI is InChI=1S/C16H20N2O2S2/c1-11-3-13(7-19)15(5-17-11)9-21-22-10-16-6-18-12(2)4-14(16)8-20/h3-6,19-20H,7-10H2,1-2H3. The lowest BCUT2D eigenvalue weighted by Gasteiger charge is -2.09. The lowest BCUT2D eigenvalue weighted by atomic mass is 10.1. The van der Waals surface area contributed by atoms with E-state index in [0.717, 1.165) is 45.1 Å². The van der Waals surface area contributed by atoms with Gasteiger partial charge in [0.15, 0.2) is 0 Å². The zero-order valence-corrected chi connectivity index (χ0v) is 14.4. The Hall–Kier alpha value is -1.08. The van der Waals surface area contributed by atoms with Crippen LogP contribution in [0, 0.1) is 13.8 Å². The van der Waals surface area contributed by atoms with E-state index in [2.05, 4.69) is 9.97 Å². The fraction of sp³-hybridized carbons (Fsp3) is 0.375. The minimum Gasteiger partial charge on any atom is -0.392 e. The molecule has 2 rings (SSSR count). The summed E-state index contributed by atoms with van der Waals surface area (Å²) >= 11 is 0. The summed E-state index contributed by atoms with van der Waals surface area (Å²) in [4.78, 5) is 8.57. The Morgan fingerprint density at radius 1 is 0.773 bits per heavy atom. The van der Waals surface area contributed by atoms with E-state index in [1.54, 1.807) is 21.6 Å². The van der Waals surface area contributed by atoms with Gasteiger partial charge in [0.25, 0.3) is 0 Å². The van der Waals surface area contributed by atoms with Crippen LogP contribution in [0.15, 0.2) is 24.5 Å². The summed E-state index contributed by atoms with van der Waals surface area (Å²) in [5.74, 6) is 1.59. The van der Waals surface area contributed by atoms with Gasteiger partial charge in [-0.3, -0.25) is 9.97 Å². The van der Waals surface area contributed by atoms with Gasteiger partial charge >= 0.3 is 0 Å². The molecule has 0 aliphatic heterocycles. The molecule has 2 N–H and O–H groups in total. The van der Waals surface area contributed by atoms with Gasteiger partial charge in [0, 0.05) is 35.3 Å². The van der Waals surface area contributed by atoms with E-state index in [0.29, 0.717) is 0 Å². The minimum absolute atomic E-state index is 0.0421. The van der Waals surface area contributed by atoms with E-state index >= 15 is 0 Å². The molecule has 22 heavy (non-hydrogen) atoms. The largest absolute Gasteiger partial charge is 0.392 e. The number of hydrogen-bond donors (Lipinski definition) is 2. The van der Waals surface area contributed by atoms with E-state index in [1.807, 2.05) is 38.4 Å². The van der Waals surface area contributed by atoms with Crippen LogP contribution < -0.4 is 0 Å². The van der Waals surface area contributed by atoms with Gasteiger partial charge in [0.2, 0.25) is 0 Å². The third-order valence-electron chi connectivity index (χ3n) is 3.29. The number of rotatable bonds is 7. The van der Waals surface area contributed by atoms with Crippen molar-refractivity contribution in [3.05, 3.63) is 58.2 Å². The van der Waals surface area contributed by atoms with Gasteiger partial charge in [-0.05, 0) is 48.2 Å². The fourth-order valence-corrected chi connectivity index (χ4v) is 4.26. The van der Waals surface area contributed by atoms with Crippen molar-refractivity contribution in [2.75, 3.05) is 0 Å². The number of aromatic nitrogens is 2. The molecule has 0 bridgehead atoms. The first-order valence-electron chi connectivity index (χ1n) is 6.99. The van der Waals surface area contributed by atoms with Crippen LogP contribution in [-0.2, 0) is 24.7 Å². The van der Waals surface area contributed by atoms with Crippen LogP contribution in [0.2, 0.25) is 0 Å². The highest BCUT2D eigenvalue weighted by Crippen LogP contribution is 2.31. The second-order valence-corrected chi connectivity index (χ2v) is 7.49. The van der Waals surface area contributed by atoms with Crippen LogP contribution >= 0.6 is 21.6 Å². The van der Waals surface area contributed by atoms with Crippen molar-refractivity contribution in [1.82, 2.24) is 9.97 Å². The van der Waals surface area contributed by atoms with Gasteiger partial charge in [0.1, 0.15) is 0 Å². The molecule has 2 aromatic rings. The lowest BCUT2D eigenvalue weighted by Crippen LogP contribution is -1.96. The van der Waals surface area contributed by atoms with Crippen molar-refractivity contribution in [3.63, 3.8) is 0 Å². The molecular formula is C16H20N2O2S2. The lowest BCUT2D eigenvalue weighted by molar-refractivity contribution is 0.280. The van der Waals surface area contributed by atoms with Crippen molar-refractivity contribution in [2.45, 2.75) is 38.6 Å². The summed E-state index contributed by atoms with van der Waals surface area (Å²) in [6.45, 7) is 3.93. The molecule has 0 spiro atoms. The van der Waals surface area contributed by atoms with Gasteiger partial charge in [-0.2, -0.15) is 0 Å². The molecule has 0 saturated carbocycles. The van der Waals surface area contributed by atoms with Crippen molar-refractivity contribution < 1.29 is 10.2 Å². The Balaban J connectivity index is 1.90. The van der Waals surface area contributed by atoms with Gasteiger partial charge in [0.05, 0.1) is 13.2 Å². The van der Waals surface area contributed by atoms with Crippen molar-refractivity contribution >= 4 is 21.6 Å². The highest BCUT2D eigenvalue weighted by Gasteiger charge is 2.06. The molecular weight excluding hydrogens is 316 g/mol. The monoisotopic (exact) mass is 336 g/mol. The number of nitrogens with zero attached hydrogens (tertiary/aromatic N) is 2. The van der Waals surface area contributed by atoms with Crippen LogP contribution in [0.25, 0.3) is 0 Å². The molecule has 0 radical (unpaired) electrons. The van der Waals surface area contributed by atoms with Gasteiger partial charge in [-0.15, -0.1) is 0 Å². The molecule has 2 heterocycles. The second-order valence-electron chi connectivity index (χ2n) is 5.03. The predicted molar refractivity (Wildman–Crippen MR) is 92.4 cm³/mol. The predicted octanol–water partition coefficient (Wildman–Crippen LogP) is 3.16. The number of hydrogen-bond acceptors (Lipinski definition) is 6. The minimum atomic E-state index is 0.0421. The van der Waals surface area contributed by atoms with Gasteiger partial charge < -0.3 is 10.2 Å². The van der Waals surface area contributed by atoms with Crippen molar-refractivity contribution in [2.24, 2.45) is 0 Å². The molecule has 6 heteroatoms. The molecule has 4 nitrogen and oxygen atoms in total. The highest BCUT2D eigenvalue weighted by atomic mass is 33.1. The Morgan fingerprint density at radius 3 is 1.55 bits per heavy atom. The van der Waals surface area contributed by atoms with E-state index in [-0.39, 0.29) is 13.2 Å². The summed E-state index contributed by atoms with van der Waals surface area (Å²) < 4.78 is 0. The first-order chi connectivity index (χ1) is 10.6. The Morgan fingerprint density at radius 2 is 1.18 bits per heavy atom. The summed E-state index contributed by atoms with van der Waals surface area (Å²) in [6, 6.07) is 3.85. The molecule has 0 aromatic carbocycles. The Labute approximate surface area is 138 Å². The summed E-state index contributed by atoms with van der Waals surface area (Å²) in [6.07, 6.45) is 3.67. The Kier molecular flexibility index (Phi) is 6.70. The highest BCUT2D eigenvalue weighted by molar-refractivity contribution is 8.76. The Bertz CT molecular complexity index is 580. The zero-order chi connectivity index (χ0) is 15.9. The number of pyridine rings is 2. The topological polar surface area (TPSA) is 66.2 Å². The molecule has 0 fully saturated rings. The molecule has 0 aliphatic carbocycles. The van der Waals surface area contributed by atoms with Crippen LogP contribution in [0.4, 0.5) is 0 Å². The third-order valence-corrected chi connectivity index (χ3v) is 5.52. The van der Waals surface area contributed by atoms with Gasteiger partial charge in [-0.25, -0.2) is 0 Å². The third kappa shape index (κ3) is 4.71. The van der Waals surface area contributed by atoms with Crippen LogP contribution in [-0.4, -0.2) is 20.2 Å². The molecule has 0 unspecified atom stereocenters. The zero-order valence-electron chi connectivity index (χ0n) is 12.7. The SMILES string of the molecule is Cc1cc(CO)c(CSSCc2cnc(C)cc2CO)cn1. The first kappa shape index (κ1) is 17.3. The molecule has 0 aliphatic rings. The fourth-order valence-electron chi connectivity index (χ4n) is 2.05. The van der Waals surface area contributed by atoms with Crippen LogP contribution in [0.5, 0.6) is 0 Å². The molecule has 0 amide bonds. The summed E-state index contributed by atoms with van der Waals surface area (Å²) in [5, 5.41) is 18.8. The maximum absolute atomic E-state index is 9.39. The quantitative estimate of drug-likeness (QED) is 0.598. The molecule has 0 saturated heterocycles. The van der Waals surface area contributed by atoms with Crippen molar-refractivity contribution in [3.8, 4) is 0 Å². The van der Waals surface area contributed by atoms with E-state index in [9.17, 15) is 10.2 Å². The average molecular weight is 336 g/mol. The normalized spacial score (nSPS) is 10.9. The van der Waals surface area contributed by atoms with Gasteiger partial charge in [-0.1, -0.05) is 21.6 Å². The van der Waals surface area contributed by atoms with E-state index in [4.69, 9.17) is 0 Å². The maximum atomic E-state index is 9.39. The number of aliphatic hydroxyl groups excluding tert-OH is 2. The van der Waals surface area contributed by atoms with Crippen molar-refractivity contribution in [1.29, 1.82) is 0 Å². The molecule has 2 aromatic heterocycles. The molecule has 0 atom stereocenters. The van der Waals surface area contributed by atoms with E-state index < -0.39 is 0 Å². The smallest absolute Gasteiger partial charge is 0.0686 e.